The van der Waals surface area contributed by atoms with Crippen LogP contribution in [0.4, 0.5) is 0 Å². The van der Waals surface area contributed by atoms with E-state index in [1.165, 1.54) is 0 Å². The van der Waals surface area contributed by atoms with Crippen molar-refractivity contribution in [3.63, 3.8) is 0 Å². The van der Waals surface area contributed by atoms with Crippen LogP contribution in [-0.2, 0) is 14.3 Å². The second-order valence-corrected chi connectivity index (χ2v) is 5.44. The van der Waals surface area contributed by atoms with Crippen LogP contribution in [0, 0.1) is 0 Å². The van der Waals surface area contributed by atoms with Crippen molar-refractivity contribution in [1.29, 1.82) is 0 Å². The number of amides is 1. The fourth-order valence-corrected chi connectivity index (χ4v) is 2.52. The zero-order valence-electron chi connectivity index (χ0n) is 12.2. The number of piperazine rings is 1. The van der Waals surface area contributed by atoms with Gasteiger partial charge in [0.15, 0.2) is 0 Å². The normalized spacial score (nSPS) is 23.9. The Bertz CT molecular complexity index is 277. The molecule has 116 valence electrons. The fraction of sp³-hybridized carbons (Fsp3) is 0.929. The maximum atomic E-state index is 11.7. The molecule has 0 spiro atoms. The van der Waals surface area contributed by atoms with Crippen molar-refractivity contribution in [1.82, 2.24) is 15.5 Å². The third-order valence-electron chi connectivity index (χ3n) is 3.69. The summed E-state index contributed by atoms with van der Waals surface area (Å²) in [7, 11) is 0. The molecule has 6 heteroatoms. The van der Waals surface area contributed by atoms with Crippen LogP contribution in [0.15, 0.2) is 0 Å². The number of hydrogen-bond acceptors (Lipinski definition) is 5. The Morgan fingerprint density at radius 3 is 3.00 bits per heavy atom. The highest BCUT2D eigenvalue weighted by Crippen LogP contribution is 2.11. The van der Waals surface area contributed by atoms with Crippen molar-refractivity contribution >= 4 is 5.91 Å². The first-order valence-electron chi connectivity index (χ1n) is 7.74. The SMILES string of the molecule is O=C(CN1CCNCC1)NCCCOCC1CCCO1. The van der Waals surface area contributed by atoms with E-state index in [2.05, 4.69) is 15.5 Å². The molecule has 0 bridgehead atoms. The average molecular weight is 285 g/mol. The van der Waals surface area contributed by atoms with Crippen molar-refractivity contribution in [2.24, 2.45) is 0 Å². The molecule has 2 fully saturated rings. The number of carbonyl (C=O) groups excluding carboxylic acids is 1. The molecule has 0 aliphatic carbocycles. The molecular weight excluding hydrogens is 258 g/mol. The Hall–Kier alpha value is -0.690. The van der Waals surface area contributed by atoms with Crippen molar-refractivity contribution in [2.75, 3.05) is 59.1 Å². The van der Waals surface area contributed by atoms with E-state index in [9.17, 15) is 4.79 Å². The van der Waals surface area contributed by atoms with Gasteiger partial charge in [0.2, 0.25) is 5.91 Å². The molecule has 0 aromatic rings. The predicted octanol–water partition coefficient (Wildman–Crippen LogP) is -0.406. The zero-order valence-corrected chi connectivity index (χ0v) is 12.2. The average Bonchev–Trinajstić information content (AvgIpc) is 2.97. The van der Waals surface area contributed by atoms with Gasteiger partial charge >= 0.3 is 0 Å². The van der Waals surface area contributed by atoms with Crippen molar-refractivity contribution in [3.05, 3.63) is 0 Å². The topological polar surface area (TPSA) is 62.8 Å². The minimum atomic E-state index is 0.117. The number of nitrogens with one attached hydrogen (secondary N) is 2. The Morgan fingerprint density at radius 2 is 2.25 bits per heavy atom. The highest BCUT2D eigenvalue weighted by Gasteiger charge is 2.15. The number of rotatable bonds is 8. The highest BCUT2D eigenvalue weighted by molar-refractivity contribution is 5.77. The van der Waals surface area contributed by atoms with Crippen molar-refractivity contribution in [2.45, 2.75) is 25.4 Å². The molecule has 1 amide bonds. The monoisotopic (exact) mass is 285 g/mol. The fourth-order valence-electron chi connectivity index (χ4n) is 2.52. The van der Waals surface area contributed by atoms with Gasteiger partial charge in [0.25, 0.3) is 0 Å². The lowest BCUT2D eigenvalue weighted by molar-refractivity contribution is -0.122. The lowest BCUT2D eigenvalue weighted by Crippen LogP contribution is -2.47. The molecule has 0 saturated carbocycles. The number of ether oxygens (including phenoxy) is 2. The summed E-state index contributed by atoms with van der Waals surface area (Å²) in [5.74, 6) is 0.117. The molecule has 0 aromatic heterocycles. The number of hydrogen-bond donors (Lipinski definition) is 2. The van der Waals surface area contributed by atoms with Gasteiger partial charge < -0.3 is 20.1 Å². The number of nitrogens with zero attached hydrogens (tertiary/aromatic N) is 1. The Kier molecular flexibility index (Phi) is 7.28. The molecule has 2 saturated heterocycles. The Labute approximate surface area is 121 Å². The molecule has 2 heterocycles. The van der Waals surface area contributed by atoms with Gasteiger partial charge in [-0.25, -0.2) is 0 Å². The molecule has 6 nitrogen and oxygen atoms in total. The molecule has 2 aliphatic rings. The minimum Gasteiger partial charge on any atom is -0.379 e. The lowest BCUT2D eigenvalue weighted by atomic mass is 10.2. The third-order valence-corrected chi connectivity index (χ3v) is 3.69. The zero-order chi connectivity index (χ0) is 14.0. The molecule has 1 atom stereocenters. The molecule has 2 N–H and O–H groups in total. The molecular formula is C14H27N3O3. The van der Waals surface area contributed by atoms with E-state index in [1.807, 2.05) is 0 Å². The Balaban J connectivity index is 1.40. The van der Waals surface area contributed by atoms with E-state index in [0.29, 0.717) is 26.3 Å². The Morgan fingerprint density at radius 1 is 1.40 bits per heavy atom. The largest absolute Gasteiger partial charge is 0.379 e. The van der Waals surface area contributed by atoms with Crippen LogP contribution in [0.2, 0.25) is 0 Å². The molecule has 2 rings (SSSR count). The summed E-state index contributed by atoms with van der Waals surface area (Å²) in [6.07, 6.45) is 3.41. The first-order valence-corrected chi connectivity index (χ1v) is 7.74. The van der Waals surface area contributed by atoms with E-state index in [1.54, 1.807) is 0 Å². The smallest absolute Gasteiger partial charge is 0.234 e. The van der Waals surface area contributed by atoms with E-state index in [0.717, 1.165) is 52.0 Å². The number of carbonyl (C=O) groups is 1. The molecule has 0 radical (unpaired) electrons. The standard InChI is InChI=1S/C14H27N3O3/c18-14(11-17-7-5-15-6-8-17)16-4-2-9-19-12-13-3-1-10-20-13/h13,15H,1-12H2,(H,16,18). The second-order valence-electron chi connectivity index (χ2n) is 5.44. The van der Waals surface area contributed by atoms with Crippen LogP contribution >= 0.6 is 0 Å². The van der Waals surface area contributed by atoms with Gasteiger partial charge in [0, 0.05) is 45.9 Å². The van der Waals surface area contributed by atoms with Crippen LogP contribution in [0.25, 0.3) is 0 Å². The van der Waals surface area contributed by atoms with Crippen LogP contribution in [-0.4, -0.2) is 76.0 Å². The predicted molar refractivity (Wildman–Crippen MR) is 76.7 cm³/mol. The van der Waals surface area contributed by atoms with Gasteiger partial charge in [0.05, 0.1) is 19.3 Å². The summed E-state index contributed by atoms with van der Waals surface area (Å²) in [6, 6.07) is 0. The third kappa shape index (κ3) is 6.17. The summed E-state index contributed by atoms with van der Waals surface area (Å²) < 4.78 is 11.0. The molecule has 20 heavy (non-hydrogen) atoms. The maximum absolute atomic E-state index is 11.7. The van der Waals surface area contributed by atoms with Crippen LogP contribution in [0.1, 0.15) is 19.3 Å². The van der Waals surface area contributed by atoms with Crippen LogP contribution < -0.4 is 10.6 Å². The highest BCUT2D eigenvalue weighted by atomic mass is 16.5. The van der Waals surface area contributed by atoms with Crippen LogP contribution in [0.5, 0.6) is 0 Å². The van der Waals surface area contributed by atoms with E-state index < -0.39 is 0 Å². The van der Waals surface area contributed by atoms with Gasteiger partial charge in [-0.2, -0.15) is 0 Å². The first-order chi connectivity index (χ1) is 9.84. The van der Waals surface area contributed by atoms with Gasteiger partial charge in [-0.15, -0.1) is 0 Å². The van der Waals surface area contributed by atoms with Gasteiger partial charge in [-0.05, 0) is 19.3 Å². The molecule has 2 aliphatic heterocycles. The van der Waals surface area contributed by atoms with E-state index >= 15 is 0 Å². The van der Waals surface area contributed by atoms with Gasteiger partial charge in [-0.3, -0.25) is 9.69 Å². The summed E-state index contributed by atoms with van der Waals surface area (Å²) in [5, 5.41) is 6.22. The summed E-state index contributed by atoms with van der Waals surface area (Å²) in [6.45, 7) is 7.32. The van der Waals surface area contributed by atoms with Crippen molar-refractivity contribution < 1.29 is 14.3 Å². The van der Waals surface area contributed by atoms with E-state index in [-0.39, 0.29) is 12.0 Å². The first kappa shape index (κ1) is 15.7. The molecule has 1 unspecified atom stereocenters. The van der Waals surface area contributed by atoms with Gasteiger partial charge in [0.1, 0.15) is 0 Å². The van der Waals surface area contributed by atoms with Crippen molar-refractivity contribution in [3.8, 4) is 0 Å². The minimum absolute atomic E-state index is 0.117. The summed E-state index contributed by atoms with van der Waals surface area (Å²) in [4.78, 5) is 13.9. The maximum Gasteiger partial charge on any atom is 0.234 e. The summed E-state index contributed by atoms with van der Waals surface area (Å²) >= 11 is 0. The van der Waals surface area contributed by atoms with Crippen LogP contribution in [0.3, 0.4) is 0 Å². The van der Waals surface area contributed by atoms with E-state index in [4.69, 9.17) is 9.47 Å². The molecule has 0 aromatic carbocycles. The van der Waals surface area contributed by atoms with Gasteiger partial charge in [-0.1, -0.05) is 0 Å². The lowest BCUT2D eigenvalue weighted by Gasteiger charge is -2.26. The summed E-state index contributed by atoms with van der Waals surface area (Å²) in [5.41, 5.74) is 0. The quantitative estimate of drug-likeness (QED) is 0.594. The second kappa shape index (κ2) is 9.28.